The smallest absolute Gasteiger partial charge is 0.342 e. The number of benzene rings is 1. The lowest BCUT2D eigenvalue weighted by molar-refractivity contribution is 0.0522. The van der Waals surface area contributed by atoms with Gasteiger partial charge in [-0.15, -0.1) is 0 Å². The number of carbonyl (C=O) groups excluding carboxylic acids is 3. The van der Waals surface area contributed by atoms with E-state index in [0.717, 1.165) is 12.2 Å². The highest BCUT2D eigenvalue weighted by Gasteiger charge is 2.31. The monoisotopic (exact) mass is 290 g/mol. The Morgan fingerprint density at radius 2 is 1.67 bits per heavy atom. The molecule has 0 saturated carbocycles. The van der Waals surface area contributed by atoms with Crippen LogP contribution in [-0.4, -0.2) is 38.4 Å². The molecule has 1 aliphatic rings. The Balaban J connectivity index is 2.78. The molecular weight excluding hydrogens is 276 g/mol. The molecular formula is C15H14O6. The molecule has 21 heavy (non-hydrogen) atoms. The van der Waals surface area contributed by atoms with Gasteiger partial charge in [-0.05, 0) is 25.1 Å². The van der Waals surface area contributed by atoms with Crippen molar-refractivity contribution in [1.82, 2.24) is 0 Å². The van der Waals surface area contributed by atoms with Crippen molar-refractivity contribution in [2.45, 2.75) is 6.92 Å². The van der Waals surface area contributed by atoms with E-state index in [1.165, 1.54) is 20.3 Å². The first-order chi connectivity index (χ1) is 10.0. The summed E-state index contributed by atoms with van der Waals surface area (Å²) in [6.07, 6.45) is 2.30. The van der Waals surface area contributed by atoms with Crippen molar-refractivity contribution < 1.29 is 28.6 Å². The predicted molar refractivity (Wildman–Crippen MR) is 73.3 cm³/mol. The Kier molecular flexibility index (Phi) is 4.07. The van der Waals surface area contributed by atoms with E-state index in [4.69, 9.17) is 14.2 Å². The van der Waals surface area contributed by atoms with Crippen molar-refractivity contribution in [1.29, 1.82) is 0 Å². The summed E-state index contributed by atoms with van der Waals surface area (Å²) in [6, 6.07) is 1.35. The molecule has 0 bridgehead atoms. The van der Waals surface area contributed by atoms with Crippen LogP contribution < -0.4 is 9.47 Å². The first kappa shape index (κ1) is 14.8. The summed E-state index contributed by atoms with van der Waals surface area (Å²) in [7, 11) is 2.67. The molecule has 6 heteroatoms. The van der Waals surface area contributed by atoms with Gasteiger partial charge >= 0.3 is 5.97 Å². The van der Waals surface area contributed by atoms with E-state index in [-0.39, 0.29) is 40.6 Å². The van der Waals surface area contributed by atoms with Crippen molar-refractivity contribution in [3.05, 3.63) is 34.9 Å². The quantitative estimate of drug-likeness (QED) is 0.787. The molecule has 0 radical (unpaired) electrons. The Morgan fingerprint density at radius 3 is 2.19 bits per heavy atom. The number of hydrogen-bond donors (Lipinski definition) is 0. The summed E-state index contributed by atoms with van der Waals surface area (Å²) in [4.78, 5) is 36.1. The Labute approximate surface area is 121 Å². The molecule has 0 saturated heterocycles. The molecule has 1 aromatic rings. The molecule has 0 aliphatic heterocycles. The van der Waals surface area contributed by atoms with Crippen LogP contribution in [0.15, 0.2) is 18.2 Å². The van der Waals surface area contributed by atoms with Gasteiger partial charge in [-0.1, -0.05) is 0 Å². The van der Waals surface area contributed by atoms with Crippen molar-refractivity contribution in [2.75, 3.05) is 20.8 Å². The highest BCUT2D eigenvalue weighted by Crippen LogP contribution is 2.37. The zero-order valence-corrected chi connectivity index (χ0v) is 11.9. The van der Waals surface area contributed by atoms with Crippen LogP contribution >= 0.6 is 0 Å². The second-order valence-electron chi connectivity index (χ2n) is 4.19. The highest BCUT2D eigenvalue weighted by atomic mass is 16.5. The van der Waals surface area contributed by atoms with E-state index in [1.54, 1.807) is 6.92 Å². The molecule has 2 rings (SSSR count). The number of esters is 1. The van der Waals surface area contributed by atoms with E-state index >= 15 is 0 Å². The van der Waals surface area contributed by atoms with Gasteiger partial charge < -0.3 is 14.2 Å². The molecule has 0 atom stereocenters. The second-order valence-corrected chi connectivity index (χ2v) is 4.19. The number of methoxy groups -OCH3 is 2. The zero-order valence-electron chi connectivity index (χ0n) is 11.9. The lowest BCUT2D eigenvalue weighted by Crippen LogP contribution is -2.18. The maximum atomic E-state index is 12.1. The van der Waals surface area contributed by atoms with Gasteiger partial charge in [0.1, 0.15) is 17.1 Å². The SMILES string of the molecule is CCOC(=O)c1cc(OC)c2c(c1OC)C(=O)C=CC2=O. The van der Waals surface area contributed by atoms with E-state index in [9.17, 15) is 14.4 Å². The molecule has 0 aromatic heterocycles. The molecule has 0 heterocycles. The van der Waals surface area contributed by atoms with Crippen LogP contribution in [0.1, 0.15) is 38.0 Å². The van der Waals surface area contributed by atoms with Crippen molar-refractivity contribution >= 4 is 17.5 Å². The Hall–Kier alpha value is -2.63. The van der Waals surface area contributed by atoms with E-state index in [1.807, 2.05) is 0 Å². The first-order valence-corrected chi connectivity index (χ1v) is 6.28. The van der Waals surface area contributed by atoms with Crippen molar-refractivity contribution in [2.24, 2.45) is 0 Å². The van der Waals surface area contributed by atoms with Crippen LogP contribution in [0, 0.1) is 0 Å². The number of rotatable bonds is 4. The minimum Gasteiger partial charge on any atom is -0.496 e. The van der Waals surface area contributed by atoms with Gasteiger partial charge in [0.25, 0.3) is 0 Å². The maximum absolute atomic E-state index is 12.1. The number of carbonyl (C=O) groups is 3. The van der Waals surface area contributed by atoms with Crippen LogP contribution in [0.5, 0.6) is 11.5 Å². The summed E-state index contributed by atoms with van der Waals surface area (Å²) in [6.45, 7) is 1.84. The van der Waals surface area contributed by atoms with Crippen LogP contribution in [0.3, 0.4) is 0 Å². The molecule has 0 amide bonds. The average molecular weight is 290 g/mol. The largest absolute Gasteiger partial charge is 0.496 e. The normalized spacial score (nSPS) is 12.9. The summed E-state index contributed by atoms with van der Waals surface area (Å²) >= 11 is 0. The summed E-state index contributed by atoms with van der Waals surface area (Å²) in [5.41, 5.74) is 0.161. The van der Waals surface area contributed by atoms with Crippen LogP contribution in [0.2, 0.25) is 0 Å². The van der Waals surface area contributed by atoms with Crippen LogP contribution in [-0.2, 0) is 4.74 Å². The first-order valence-electron chi connectivity index (χ1n) is 6.28. The molecule has 0 N–H and O–H groups in total. The summed E-state index contributed by atoms with van der Waals surface area (Å²) in [5.74, 6) is -1.30. The maximum Gasteiger partial charge on any atom is 0.342 e. The minimum atomic E-state index is -0.648. The average Bonchev–Trinajstić information content (AvgIpc) is 2.49. The molecule has 6 nitrogen and oxygen atoms in total. The molecule has 1 aliphatic carbocycles. The van der Waals surface area contributed by atoms with Gasteiger partial charge in [-0.2, -0.15) is 0 Å². The second kappa shape index (κ2) is 5.78. The van der Waals surface area contributed by atoms with Gasteiger partial charge in [0, 0.05) is 0 Å². The number of fused-ring (bicyclic) bond motifs is 1. The minimum absolute atomic E-state index is 0.0203. The topological polar surface area (TPSA) is 78.9 Å². The van der Waals surface area contributed by atoms with Crippen LogP contribution in [0.25, 0.3) is 0 Å². The van der Waals surface area contributed by atoms with Gasteiger partial charge in [0.15, 0.2) is 11.6 Å². The fourth-order valence-electron chi connectivity index (χ4n) is 2.17. The molecule has 0 fully saturated rings. The van der Waals surface area contributed by atoms with E-state index in [0.29, 0.717) is 0 Å². The number of ketones is 2. The molecule has 1 aromatic carbocycles. The molecule has 0 unspecified atom stereocenters. The van der Waals surface area contributed by atoms with Gasteiger partial charge in [0.2, 0.25) is 0 Å². The fourth-order valence-corrected chi connectivity index (χ4v) is 2.17. The summed E-state index contributed by atoms with van der Waals surface area (Å²) < 4.78 is 15.2. The van der Waals surface area contributed by atoms with E-state index in [2.05, 4.69) is 0 Å². The third kappa shape index (κ3) is 2.40. The lowest BCUT2D eigenvalue weighted by atomic mass is 9.90. The third-order valence-corrected chi connectivity index (χ3v) is 3.04. The predicted octanol–water partition coefficient (Wildman–Crippen LogP) is 1.82. The number of allylic oxidation sites excluding steroid dienone is 2. The fraction of sp³-hybridized carbons (Fsp3) is 0.267. The Morgan fingerprint density at radius 1 is 1.05 bits per heavy atom. The number of ether oxygens (including phenoxy) is 3. The number of hydrogen-bond acceptors (Lipinski definition) is 6. The van der Waals surface area contributed by atoms with Gasteiger partial charge in [-0.3, -0.25) is 9.59 Å². The molecule has 110 valence electrons. The zero-order chi connectivity index (χ0) is 15.6. The van der Waals surface area contributed by atoms with Gasteiger partial charge in [-0.25, -0.2) is 4.79 Å². The molecule has 0 spiro atoms. The third-order valence-electron chi connectivity index (χ3n) is 3.04. The van der Waals surface area contributed by atoms with Crippen LogP contribution in [0.4, 0.5) is 0 Å². The summed E-state index contributed by atoms with van der Waals surface area (Å²) in [5, 5.41) is 0. The Bertz CT molecular complexity index is 657. The van der Waals surface area contributed by atoms with Gasteiger partial charge in [0.05, 0.1) is 32.0 Å². The highest BCUT2D eigenvalue weighted by molar-refractivity contribution is 6.25. The standard InChI is InChI=1S/C15H14O6/c1-4-21-15(18)8-7-11(19-2)12-9(16)5-6-10(17)13(12)14(8)20-3/h5-7H,4H2,1-3H3. The van der Waals surface area contributed by atoms with Crippen molar-refractivity contribution in [3.8, 4) is 11.5 Å². The lowest BCUT2D eigenvalue weighted by Gasteiger charge is -2.19. The van der Waals surface area contributed by atoms with Crippen molar-refractivity contribution in [3.63, 3.8) is 0 Å². The van der Waals surface area contributed by atoms with E-state index < -0.39 is 11.8 Å².